The van der Waals surface area contributed by atoms with E-state index in [4.69, 9.17) is 9.47 Å². The number of nitrogens with one attached hydrogen (secondary N) is 2. The first-order valence-corrected chi connectivity index (χ1v) is 7.83. The summed E-state index contributed by atoms with van der Waals surface area (Å²) < 4.78 is 24.1. The first-order chi connectivity index (χ1) is 12.1. The summed E-state index contributed by atoms with van der Waals surface area (Å²) in [5, 5.41) is 0. The molecule has 130 valence electrons. The molecule has 0 bridgehead atoms. The van der Waals surface area contributed by atoms with E-state index in [-0.39, 0.29) is 24.8 Å². The Labute approximate surface area is 143 Å². The number of fused-ring (bicyclic) bond motifs is 1. The molecule has 0 aliphatic carbocycles. The summed E-state index contributed by atoms with van der Waals surface area (Å²) in [7, 11) is 0. The van der Waals surface area contributed by atoms with Crippen molar-refractivity contribution in [1.82, 2.24) is 10.9 Å². The topological polar surface area (TPSA) is 76.7 Å². The van der Waals surface area contributed by atoms with Crippen LogP contribution in [0.1, 0.15) is 12.0 Å². The maximum absolute atomic E-state index is 13.1. The van der Waals surface area contributed by atoms with Crippen LogP contribution in [0.25, 0.3) is 0 Å². The molecule has 0 saturated heterocycles. The van der Waals surface area contributed by atoms with Crippen molar-refractivity contribution in [2.75, 3.05) is 6.61 Å². The third kappa shape index (κ3) is 4.47. The quantitative estimate of drug-likeness (QED) is 0.829. The number of ether oxygens (including phenoxy) is 2. The van der Waals surface area contributed by atoms with Crippen LogP contribution in [0.2, 0.25) is 0 Å². The summed E-state index contributed by atoms with van der Waals surface area (Å²) in [6.07, 6.45) is -0.358. The number of carbonyl (C=O) groups excluding carboxylic acids is 2. The van der Waals surface area contributed by atoms with Crippen LogP contribution in [0.15, 0.2) is 48.5 Å². The van der Waals surface area contributed by atoms with E-state index in [0.29, 0.717) is 23.5 Å². The maximum Gasteiger partial charge on any atom is 0.283 e. The van der Waals surface area contributed by atoms with Crippen molar-refractivity contribution < 1.29 is 23.5 Å². The molecule has 1 atom stereocenters. The summed E-state index contributed by atoms with van der Waals surface area (Å²) in [5.41, 5.74) is 5.34. The standard InChI is InChI=1S/C18H17FN2O4/c19-13-5-3-4-12(10-13)8-9-17(22)20-21-18(23)16-11-24-14-6-1-2-7-15(14)25-16/h1-7,10,16H,8-9,11H2,(H,20,22)(H,21,23). The van der Waals surface area contributed by atoms with Gasteiger partial charge >= 0.3 is 0 Å². The van der Waals surface area contributed by atoms with Gasteiger partial charge in [-0.25, -0.2) is 4.39 Å². The van der Waals surface area contributed by atoms with E-state index in [9.17, 15) is 14.0 Å². The first kappa shape index (κ1) is 16.8. The Hall–Kier alpha value is -3.09. The minimum absolute atomic E-state index is 0.0575. The number of hydrogen-bond acceptors (Lipinski definition) is 4. The van der Waals surface area contributed by atoms with Crippen LogP contribution in [0, 0.1) is 5.82 Å². The molecule has 0 radical (unpaired) electrons. The highest BCUT2D eigenvalue weighted by atomic mass is 19.1. The Kier molecular flexibility index (Phi) is 5.13. The average molecular weight is 344 g/mol. The third-order valence-corrected chi connectivity index (χ3v) is 3.66. The average Bonchev–Trinajstić information content (AvgIpc) is 2.64. The smallest absolute Gasteiger partial charge is 0.283 e. The van der Waals surface area contributed by atoms with Crippen molar-refractivity contribution in [3.63, 3.8) is 0 Å². The predicted octanol–water partition coefficient (Wildman–Crippen LogP) is 1.75. The molecule has 2 aromatic carbocycles. The van der Waals surface area contributed by atoms with Gasteiger partial charge in [0.15, 0.2) is 11.5 Å². The molecular formula is C18H17FN2O4. The van der Waals surface area contributed by atoms with E-state index < -0.39 is 12.0 Å². The number of para-hydroxylation sites is 2. The number of rotatable bonds is 4. The van der Waals surface area contributed by atoms with Gasteiger partial charge in [0.2, 0.25) is 12.0 Å². The van der Waals surface area contributed by atoms with E-state index in [1.54, 1.807) is 36.4 Å². The Balaban J connectivity index is 1.44. The second-order valence-corrected chi connectivity index (χ2v) is 5.53. The number of aryl methyl sites for hydroxylation is 1. The molecular weight excluding hydrogens is 327 g/mol. The molecule has 0 saturated carbocycles. The molecule has 0 fully saturated rings. The fourth-order valence-corrected chi connectivity index (χ4v) is 2.37. The van der Waals surface area contributed by atoms with Crippen molar-refractivity contribution in [2.24, 2.45) is 0 Å². The second kappa shape index (κ2) is 7.65. The van der Waals surface area contributed by atoms with Crippen LogP contribution >= 0.6 is 0 Å². The molecule has 1 unspecified atom stereocenters. The van der Waals surface area contributed by atoms with Gasteiger partial charge in [-0.05, 0) is 36.2 Å². The summed E-state index contributed by atoms with van der Waals surface area (Å²) in [6, 6.07) is 13.1. The second-order valence-electron chi connectivity index (χ2n) is 5.53. The fourth-order valence-electron chi connectivity index (χ4n) is 2.37. The van der Waals surface area contributed by atoms with E-state index in [0.717, 1.165) is 0 Å². The van der Waals surface area contributed by atoms with Crippen LogP contribution in [-0.2, 0) is 16.0 Å². The van der Waals surface area contributed by atoms with E-state index in [2.05, 4.69) is 10.9 Å². The van der Waals surface area contributed by atoms with Crippen molar-refractivity contribution in [1.29, 1.82) is 0 Å². The highest BCUT2D eigenvalue weighted by molar-refractivity contribution is 5.85. The lowest BCUT2D eigenvalue weighted by Gasteiger charge is -2.25. The number of benzene rings is 2. The van der Waals surface area contributed by atoms with Gasteiger partial charge in [-0.3, -0.25) is 20.4 Å². The van der Waals surface area contributed by atoms with Gasteiger partial charge in [0.05, 0.1) is 0 Å². The predicted molar refractivity (Wildman–Crippen MR) is 87.4 cm³/mol. The molecule has 0 aromatic heterocycles. The zero-order valence-corrected chi connectivity index (χ0v) is 13.3. The Bertz CT molecular complexity index is 781. The van der Waals surface area contributed by atoms with Crippen LogP contribution in [0.4, 0.5) is 4.39 Å². The van der Waals surface area contributed by atoms with Gasteiger partial charge < -0.3 is 9.47 Å². The first-order valence-electron chi connectivity index (χ1n) is 7.83. The molecule has 1 heterocycles. The molecule has 2 amide bonds. The summed E-state index contributed by atoms with van der Waals surface area (Å²) >= 11 is 0. The molecule has 0 spiro atoms. The highest BCUT2D eigenvalue weighted by Gasteiger charge is 2.27. The van der Waals surface area contributed by atoms with Gasteiger partial charge in [-0.2, -0.15) is 0 Å². The lowest BCUT2D eigenvalue weighted by atomic mass is 10.1. The summed E-state index contributed by atoms with van der Waals surface area (Å²) in [6.45, 7) is 0.0575. The molecule has 6 nitrogen and oxygen atoms in total. The molecule has 2 N–H and O–H groups in total. The summed E-state index contributed by atoms with van der Waals surface area (Å²) in [5.74, 6) is -0.179. The highest BCUT2D eigenvalue weighted by Crippen LogP contribution is 2.30. The van der Waals surface area contributed by atoms with Crippen molar-refractivity contribution in [3.8, 4) is 11.5 Å². The van der Waals surface area contributed by atoms with Gasteiger partial charge in [0.1, 0.15) is 12.4 Å². The fraction of sp³-hybridized carbons (Fsp3) is 0.222. The van der Waals surface area contributed by atoms with Gasteiger partial charge in [-0.15, -0.1) is 0 Å². The van der Waals surface area contributed by atoms with Crippen LogP contribution in [-0.4, -0.2) is 24.5 Å². The monoisotopic (exact) mass is 344 g/mol. The lowest BCUT2D eigenvalue weighted by Crippen LogP contribution is -2.50. The van der Waals surface area contributed by atoms with Gasteiger partial charge in [-0.1, -0.05) is 24.3 Å². The Morgan fingerprint density at radius 2 is 1.88 bits per heavy atom. The van der Waals surface area contributed by atoms with Crippen molar-refractivity contribution in [2.45, 2.75) is 18.9 Å². The van der Waals surface area contributed by atoms with Crippen LogP contribution in [0.3, 0.4) is 0 Å². The number of amides is 2. The largest absolute Gasteiger partial charge is 0.485 e. The van der Waals surface area contributed by atoms with Gasteiger partial charge in [0, 0.05) is 6.42 Å². The Morgan fingerprint density at radius 1 is 1.08 bits per heavy atom. The van der Waals surface area contributed by atoms with Crippen LogP contribution in [0.5, 0.6) is 11.5 Å². The molecule has 2 aromatic rings. The Morgan fingerprint density at radius 3 is 2.68 bits per heavy atom. The minimum Gasteiger partial charge on any atom is -0.485 e. The van der Waals surface area contributed by atoms with Crippen molar-refractivity contribution in [3.05, 3.63) is 59.9 Å². The zero-order valence-electron chi connectivity index (χ0n) is 13.3. The molecule has 1 aliphatic heterocycles. The summed E-state index contributed by atoms with van der Waals surface area (Å²) in [4.78, 5) is 23.8. The molecule has 1 aliphatic rings. The molecule has 3 rings (SSSR count). The molecule has 25 heavy (non-hydrogen) atoms. The lowest BCUT2D eigenvalue weighted by molar-refractivity contribution is -0.135. The van der Waals surface area contributed by atoms with Gasteiger partial charge in [0.25, 0.3) is 5.91 Å². The number of hydrogen-bond donors (Lipinski definition) is 2. The maximum atomic E-state index is 13.1. The number of carbonyl (C=O) groups is 2. The number of hydrazine groups is 1. The molecule has 7 heteroatoms. The third-order valence-electron chi connectivity index (χ3n) is 3.66. The number of halogens is 1. The van der Waals surface area contributed by atoms with E-state index in [1.165, 1.54) is 12.1 Å². The van der Waals surface area contributed by atoms with E-state index in [1.807, 2.05) is 0 Å². The minimum atomic E-state index is -0.849. The zero-order chi connectivity index (χ0) is 17.6. The normalized spacial score (nSPS) is 15.3. The van der Waals surface area contributed by atoms with Crippen LogP contribution < -0.4 is 20.3 Å². The van der Waals surface area contributed by atoms with Crippen molar-refractivity contribution >= 4 is 11.8 Å². The SMILES string of the molecule is O=C(CCc1cccc(F)c1)NNC(=O)C1COc2ccccc2O1. The van der Waals surface area contributed by atoms with E-state index >= 15 is 0 Å².